The van der Waals surface area contributed by atoms with Gasteiger partial charge >= 0.3 is 37.4 Å². The number of hydrogen-bond acceptors (Lipinski definition) is 5. The van der Waals surface area contributed by atoms with Gasteiger partial charge < -0.3 is 19.4 Å². The molecule has 4 aromatic carbocycles. The fourth-order valence-electron chi connectivity index (χ4n) is 3.00. The Morgan fingerprint density at radius 3 is 1.74 bits per heavy atom. The minimum Gasteiger partial charge on any atom is -0.746 e. The number of phenolic OH excluding ortho intramolecular Hbond substituents is 1. The number of benzene rings is 4. The Balaban J connectivity index is 0.000000305. The Kier molecular flexibility index (Phi) is 11.2. The zero-order valence-corrected chi connectivity index (χ0v) is 21.9. The smallest absolute Gasteiger partial charge is 0.746 e. The topological polar surface area (TPSA) is 107 Å². The molecule has 0 aliphatic rings. The number of phenols is 1. The maximum absolute atomic E-state index is 12.9. The average molecular weight is 496 g/mol. The van der Waals surface area contributed by atoms with Crippen LogP contribution in [0.25, 0.3) is 11.6 Å². The van der Waals surface area contributed by atoms with Crippen LogP contribution in [-0.2, 0) is 4.57 Å². The first kappa shape index (κ1) is 28.3. The molecule has 35 heavy (non-hydrogen) atoms. The van der Waals surface area contributed by atoms with E-state index in [1.54, 1.807) is 30.3 Å². The first-order chi connectivity index (χ1) is 16.3. The van der Waals surface area contributed by atoms with Crippen LogP contribution >= 0.6 is 7.82 Å². The molecule has 4 aromatic rings. The van der Waals surface area contributed by atoms with E-state index in [-0.39, 0.29) is 46.8 Å². The second kappa shape index (κ2) is 13.8. The van der Waals surface area contributed by atoms with Gasteiger partial charge in [-0.15, -0.1) is 0 Å². The molecular formula is C27H22NaO6P. The molecule has 172 valence electrons. The summed E-state index contributed by atoms with van der Waals surface area (Å²) in [6.45, 7) is 0. The Bertz CT molecular complexity index is 1270. The van der Waals surface area contributed by atoms with Crippen molar-refractivity contribution in [1.82, 2.24) is 0 Å². The van der Waals surface area contributed by atoms with Crippen molar-refractivity contribution in [2.75, 3.05) is 0 Å². The Labute approximate surface area is 226 Å². The molecule has 1 unspecified atom stereocenters. The van der Waals surface area contributed by atoms with Crippen LogP contribution in [0, 0.1) is 0 Å². The summed E-state index contributed by atoms with van der Waals surface area (Å²) in [4.78, 5) is 31.3. The summed E-state index contributed by atoms with van der Waals surface area (Å²) in [5, 5.41) is 9.40. The number of Topliss-reactive ketones (excluding diaryl/α,β-unsaturated/α-hetero) is 1. The van der Waals surface area contributed by atoms with E-state index in [2.05, 4.69) is 4.52 Å². The second-order valence-electron chi connectivity index (χ2n) is 7.08. The van der Waals surface area contributed by atoms with Gasteiger partial charge in [-0.3, -0.25) is 9.36 Å². The molecule has 0 spiro atoms. The predicted molar refractivity (Wildman–Crippen MR) is 130 cm³/mol. The molecular weight excluding hydrogens is 474 g/mol. The molecule has 4 rings (SSSR count). The zero-order chi connectivity index (χ0) is 24.4. The van der Waals surface area contributed by atoms with Crippen LogP contribution < -0.4 is 39.0 Å². The number of phosphoric ester groups is 1. The molecule has 0 aliphatic carbocycles. The molecule has 0 aliphatic heterocycles. The third-order valence-corrected chi connectivity index (χ3v) is 4.98. The van der Waals surface area contributed by atoms with E-state index in [4.69, 9.17) is 4.89 Å². The van der Waals surface area contributed by atoms with Crippen molar-refractivity contribution < 1.29 is 58.3 Å². The fraction of sp³-hybridized carbons (Fsp3) is 0. The number of hydrogen-bond donors (Lipinski definition) is 2. The summed E-state index contributed by atoms with van der Waals surface area (Å²) in [7, 11) is -4.64. The summed E-state index contributed by atoms with van der Waals surface area (Å²) < 4.78 is 14.3. The van der Waals surface area contributed by atoms with Crippen LogP contribution in [0.5, 0.6) is 11.5 Å². The Morgan fingerprint density at radius 1 is 0.743 bits per heavy atom. The maximum atomic E-state index is 12.9. The number of allylic oxidation sites excluding steroid dienone is 1. The van der Waals surface area contributed by atoms with Gasteiger partial charge in [-0.05, 0) is 53.6 Å². The predicted octanol–water partition coefficient (Wildman–Crippen LogP) is 2.35. The summed E-state index contributed by atoms with van der Waals surface area (Å²) in [5.74, 6) is 0.184. The van der Waals surface area contributed by atoms with Gasteiger partial charge in [0.1, 0.15) is 11.5 Å². The largest absolute Gasteiger partial charge is 1.00 e. The number of phosphoric acid groups is 1. The third-order valence-electron chi connectivity index (χ3n) is 4.53. The number of para-hydroxylation sites is 1. The molecule has 6 nitrogen and oxygen atoms in total. The molecule has 8 heteroatoms. The van der Waals surface area contributed by atoms with Crippen molar-refractivity contribution in [2.24, 2.45) is 0 Å². The first-order valence-electron chi connectivity index (χ1n) is 10.3. The van der Waals surface area contributed by atoms with Gasteiger partial charge in [-0.2, -0.15) is 0 Å². The van der Waals surface area contributed by atoms with Crippen LogP contribution in [0.2, 0.25) is 0 Å². The van der Waals surface area contributed by atoms with Crippen molar-refractivity contribution >= 4 is 25.3 Å². The minimum absolute atomic E-state index is 0. The van der Waals surface area contributed by atoms with Crippen molar-refractivity contribution in [1.29, 1.82) is 0 Å². The van der Waals surface area contributed by atoms with E-state index in [0.717, 1.165) is 11.1 Å². The van der Waals surface area contributed by atoms with Gasteiger partial charge in [0.2, 0.25) is 0 Å². The SMILES string of the molecule is O=C(/C(=C/c1ccccc1)c1ccccc1)c1ccc(O)cc1.O=P([O-])(O)Oc1ccccc1.[Na+]. The van der Waals surface area contributed by atoms with Gasteiger partial charge in [-0.25, -0.2) is 0 Å². The molecule has 0 bridgehead atoms. The molecule has 0 fully saturated rings. The quantitative estimate of drug-likeness (QED) is 0.140. The van der Waals surface area contributed by atoms with Gasteiger partial charge in [0.15, 0.2) is 5.78 Å². The van der Waals surface area contributed by atoms with E-state index >= 15 is 0 Å². The Morgan fingerprint density at radius 2 is 1.23 bits per heavy atom. The summed E-state index contributed by atoms with van der Waals surface area (Å²) in [6, 6.07) is 33.5. The zero-order valence-electron chi connectivity index (χ0n) is 19.0. The second-order valence-corrected chi connectivity index (χ2v) is 8.20. The standard InChI is InChI=1S/C21H16O2.C6H7O4P.Na/c22-19-13-11-18(12-14-19)21(23)20(17-9-5-2-6-10-17)15-16-7-3-1-4-8-16;7-11(8,9)10-6-4-2-1-3-5-6;/h1-15,22H;1-5H,(H2,7,8,9);/q;;+1/p-1/b20-15+;;. The molecule has 0 radical (unpaired) electrons. The monoisotopic (exact) mass is 496 g/mol. The van der Waals surface area contributed by atoms with Crippen LogP contribution in [0.4, 0.5) is 0 Å². The van der Waals surface area contributed by atoms with E-state index in [1.165, 1.54) is 24.3 Å². The minimum atomic E-state index is -4.64. The molecule has 0 heterocycles. The number of ketones is 1. The number of carbonyl (C=O) groups is 1. The van der Waals surface area contributed by atoms with Gasteiger partial charge in [-0.1, -0.05) is 78.9 Å². The van der Waals surface area contributed by atoms with E-state index in [0.29, 0.717) is 11.1 Å². The van der Waals surface area contributed by atoms with Crippen LogP contribution in [0.1, 0.15) is 21.5 Å². The van der Waals surface area contributed by atoms with Crippen molar-refractivity contribution in [2.45, 2.75) is 0 Å². The first-order valence-corrected chi connectivity index (χ1v) is 11.8. The number of rotatable bonds is 6. The van der Waals surface area contributed by atoms with Crippen molar-refractivity contribution in [3.8, 4) is 11.5 Å². The van der Waals surface area contributed by atoms with Gasteiger partial charge in [0.05, 0.1) is 0 Å². The van der Waals surface area contributed by atoms with Gasteiger partial charge in [0, 0.05) is 11.1 Å². The summed E-state index contributed by atoms with van der Waals surface area (Å²) >= 11 is 0. The third kappa shape index (κ3) is 9.67. The molecule has 0 amide bonds. The molecule has 2 N–H and O–H groups in total. The molecule has 1 atom stereocenters. The normalized spacial score (nSPS) is 12.2. The van der Waals surface area contributed by atoms with Crippen LogP contribution in [-0.4, -0.2) is 15.8 Å². The molecule has 0 saturated heterocycles. The van der Waals surface area contributed by atoms with Crippen molar-refractivity contribution in [3.63, 3.8) is 0 Å². The maximum Gasteiger partial charge on any atom is 1.00 e. The van der Waals surface area contributed by atoms with Crippen LogP contribution in [0.15, 0.2) is 115 Å². The average Bonchev–Trinajstić information content (AvgIpc) is 2.84. The Hall–Kier alpha value is -2.96. The summed E-state index contributed by atoms with van der Waals surface area (Å²) in [6.07, 6.45) is 1.89. The van der Waals surface area contributed by atoms with Crippen LogP contribution in [0.3, 0.4) is 0 Å². The van der Waals surface area contributed by atoms with Gasteiger partial charge in [0.25, 0.3) is 0 Å². The van der Waals surface area contributed by atoms with E-state index in [1.807, 2.05) is 66.7 Å². The number of aromatic hydroxyl groups is 1. The van der Waals surface area contributed by atoms with Crippen molar-refractivity contribution in [3.05, 3.63) is 132 Å². The number of carbonyl (C=O) groups excluding carboxylic acids is 1. The molecule has 0 aromatic heterocycles. The van der Waals surface area contributed by atoms with E-state index < -0.39 is 7.82 Å². The summed E-state index contributed by atoms with van der Waals surface area (Å²) in [5.41, 5.74) is 3.02. The fourth-order valence-corrected chi connectivity index (χ4v) is 3.38. The molecule has 0 saturated carbocycles. The van der Waals surface area contributed by atoms with E-state index in [9.17, 15) is 19.4 Å².